The summed E-state index contributed by atoms with van der Waals surface area (Å²) in [5.74, 6) is 1.19. The summed E-state index contributed by atoms with van der Waals surface area (Å²) in [6.45, 7) is 3.49. The number of hydrogen-bond acceptors (Lipinski definition) is 5. The molecule has 1 heterocycles. The van der Waals surface area contributed by atoms with E-state index in [9.17, 15) is 5.11 Å². The van der Waals surface area contributed by atoms with Gasteiger partial charge in [-0.1, -0.05) is 37.0 Å². The van der Waals surface area contributed by atoms with Gasteiger partial charge in [0.05, 0.1) is 13.2 Å². The van der Waals surface area contributed by atoms with Crippen LogP contribution in [0.2, 0.25) is 0 Å². The number of aryl methyl sites for hydroxylation is 1. The molecule has 0 bridgehead atoms. The largest absolute Gasteiger partial charge is 0.419 e. The van der Waals surface area contributed by atoms with E-state index in [-0.39, 0.29) is 6.61 Å². The predicted octanol–water partition coefficient (Wildman–Crippen LogP) is 3.17. The van der Waals surface area contributed by atoms with Crippen LogP contribution in [-0.2, 0) is 6.54 Å². The molecular weight excluding hydrogens is 290 g/mol. The van der Waals surface area contributed by atoms with Gasteiger partial charge in [0.25, 0.3) is 0 Å². The maximum absolute atomic E-state index is 9.35. The van der Waals surface area contributed by atoms with E-state index in [1.165, 1.54) is 37.7 Å². The van der Waals surface area contributed by atoms with Crippen molar-refractivity contribution in [2.24, 2.45) is 0 Å². The van der Waals surface area contributed by atoms with Gasteiger partial charge in [-0.05, 0) is 31.9 Å². The van der Waals surface area contributed by atoms with Gasteiger partial charge in [0.1, 0.15) is 0 Å². The lowest BCUT2D eigenvalue weighted by atomic mass is 9.94. The number of nitrogens with zero attached hydrogens (tertiary/aromatic N) is 3. The molecule has 1 fully saturated rings. The zero-order valence-electron chi connectivity index (χ0n) is 13.7. The molecule has 2 aromatic rings. The van der Waals surface area contributed by atoms with E-state index in [2.05, 4.69) is 15.1 Å². The normalized spacial score (nSPS) is 16.1. The van der Waals surface area contributed by atoms with E-state index in [0.29, 0.717) is 30.9 Å². The Kier molecular flexibility index (Phi) is 5.41. The summed E-state index contributed by atoms with van der Waals surface area (Å²) in [5, 5.41) is 17.7. The van der Waals surface area contributed by atoms with E-state index in [0.717, 1.165) is 5.56 Å². The molecule has 0 unspecified atom stereocenters. The number of benzene rings is 1. The van der Waals surface area contributed by atoms with Crippen LogP contribution in [0.4, 0.5) is 0 Å². The van der Waals surface area contributed by atoms with Gasteiger partial charge < -0.3 is 9.52 Å². The smallest absolute Gasteiger partial charge is 0.247 e. The van der Waals surface area contributed by atoms with Crippen LogP contribution in [0.5, 0.6) is 0 Å². The Morgan fingerprint density at radius 2 is 2.04 bits per heavy atom. The van der Waals surface area contributed by atoms with E-state index in [1.54, 1.807) is 0 Å². The van der Waals surface area contributed by atoms with E-state index in [4.69, 9.17) is 4.42 Å². The van der Waals surface area contributed by atoms with Crippen LogP contribution < -0.4 is 0 Å². The lowest BCUT2D eigenvalue weighted by Crippen LogP contribution is -2.38. The van der Waals surface area contributed by atoms with Crippen LogP contribution in [0.3, 0.4) is 0 Å². The predicted molar refractivity (Wildman–Crippen MR) is 88.8 cm³/mol. The molecule has 3 rings (SSSR count). The average Bonchev–Trinajstić information content (AvgIpc) is 3.04. The van der Waals surface area contributed by atoms with Crippen LogP contribution in [0.1, 0.15) is 43.6 Å². The summed E-state index contributed by atoms with van der Waals surface area (Å²) in [7, 11) is 0. The molecule has 1 aromatic carbocycles. The van der Waals surface area contributed by atoms with E-state index >= 15 is 0 Å². The van der Waals surface area contributed by atoms with Crippen LogP contribution in [0, 0.1) is 6.92 Å². The summed E-state index contributed by atoms with van der Waals surface area (Å²) in [6, 6.07) is 8.59. The van der Waals surface area contributed by atoms with Gasteiger partial charge in [0.2, 0.25) is 11.8 Å². The fraction of sp³-hybridized carbons (Fsp3) is 0.556. The maximum Gasteiger partial charge on any atom is 0.247 e. The topological polar surface area (TPSA) is 62.4 Å². The number of aliphatic hydroxyl groups is 1. The van der Waals surface area contributed by atoms with Gasteiger partial charge in [-0.2, -0.15) is 0 Å². The van der Waals surface area contributed by atoms with E-state index < -0.39 is 0 Å². The highest BCUT2D eigenvalue weighted by molar-refractivity contribution is 5.53. The molecule has 0 atom stereocenters. The molecule has 23 heavy (non-hydrogen) atoms. The molecule has 1 aliphatic rings. The van der Waals surface area contributed by atoms with Crippen LogP contribution in [0.25, 0.3) is 11.5 Å². The first-order chi connectivity index (χ1) is 11.3. The SMILES string of the molecule is Cc1cccc(-c2nnc(CN(CCO)C3CCCCC3)o2)c1. The molecular formula is C18H25N3O2. The molecule has 1 N–H and O–H groups in total. The van der Waals surface area contributed by atoms with Crippen molar-refractivity contribution in [1.29, 1.82) is 0 Å². The summed E-state index contributed by atoms with van der Waals surface area (Å²) < 4.78 is 5.85. The summed E-state index contributed by atoms with van der Waals surface area (Å²) in [6.07, 6.45) is 6.25. The third kappa shape index (κ3) is 4.18. The fourth-order valence-corrected chi connectivity index (χ4v) is 3.35. The molecule has 0 radical (unpaired) electrons. The molecule has 0 amide bonds. The Hall–Kier alpha value is -1.72. The first kappa shape index (κ1) is 16.1. The Bertz CT molecular complexity index is 620. The molecule has 0 spiro atoms. The summed E-state index contributed by atoms with van der Waals surface area (Å²) in [5.41, 5.74) is 2.13. The van der Waals surface area contributed by atoms with Gasteiger partial charge in [0, 0.05) is 18.2 Å². The standard InChI is InChI=1S/C18H25N3O2/c1-14-6-5-7-15(12-14)18-20-19-17(23-18)13-21(10-11-22)16-8-3-2-4-9-16/h5-7,12,16,22H,2-4,8-11,13H2,1H3. The lowest BCUT2D eigenvalue weighted by molar-refractivity contribution is 0.108. The van der Waals surface area contributed by atoms with Crippen LogP contribution in [-0.4, -0.2) is 39.4 Å². The van der Waals surface area contributed by atoms with Crippen molar-refractivity contribution in [3.63, 3.8) is 0 Å². The number of aliphatic hydroxyl groups excluding tert-OH is 1. The molecule has 0 aliphatic heterocycles. The zero-order chi connectivity index (χ0) is 16.1. The molecule has 124 valence electrons. The molecule has 5 heteroatoms. The zero-order valence-corrected chi connectivity index (χ0v) is 13.7. The molecule has 1 aliphatic carbocycles. The van der Waals surface area contributed by atoms with E-state index in [1.807, 2.05) is 31.2 Å². The third-order valence-electron chi connectivity index (χ3n) is 4.55. The van der Waals surface area contributed by atoms with Crippen molar-refractivity contribution >= 4 is 0 Å². The Labute approximate surface area is 137 Å². The summed E-state index contributed by atoms with van der Waals surface area (Å²) in [4.78, 5) is 2.28. The van der Waals surface area contributed by atoms with Gasteiger partial charge >= 0.3 is 0 Å². The number of aromatic nitrogens is 2. The van der Waals surface area contributed by atoms with Crippen molar-refractivity contribution in [2.75, 3.05) is 13.2 Å². The quantitative estimate of drug-likeness (QED) is 0.887. The minimum absolute atomic E-state index is 0.162. The van der Waals surface area contributed by atoms with Crippen molar-refractivity contribution in [3.05, 3.63) is 35.7 Å². The second-order valence-corrected chi connectivity index (χ2v) is 6.36. The van der Waals surface area contributed by atoms with Crippen LogP contribution >= 0.6 is 0 Å². The lowest BCUT2D eigenvalue weighted by Gasteiger charge is -2.32. The number of hydrogen-bond donors (Lipinski definition) is 1. The molecule has 0 saturated heterocycles. The monoisotopic (exact) mass is 315 g/mol. The first-order valence-electron chi connectivity index (χ1n) is 8.50. The van der Waals surface area contributed by atoms with Crippen molar-refractivity contribution in [2.45, 2.75) is 51.6 Å². The first-order valence-corrected chi connectivity index (χ1v) is 8.50. The molecule has 1 aromatic heterocycles. The Morgan fingerprint density at radius 3 is 2.78 bits per heavy atom. The van der Waals surface area contributed by atoms with Crippen molar-refractivity contribution in [1.82, 2.24) is 15.1 Å². The van der Waals surface area contributed by atoms with Crippen molar-refractivity contribution < 1.29 is 9.52 Å². The number of rotatable bonds is 6. The van der Waals surface area contributed by atoms with Crippen LogP contribution in [0.15, 0.2) is 28.7 Å². The minimum Gasteiger partial charge on any atom is -0.419 e. The Morgan fingerprint density at radius 1 is 1.22 bits per heavy atom. The van der Waals surface area contributed by atoms with Gasteiger partial charge in [-0.3, -0.25) is 4.90 Å². The second-order valence-electron chi connectivity index (χ2n) is 6.36. The fourth-order valence-electron chi connectivity index (χ4n) is 3.35. The van der Waals surface area contributed by atoms with Crippen molar-refractivity contribution in [3.8, 4) is 11.5 Å². The van der Waals surface area contributed by atoms with Gasteiger partial charge in [-0.25, -0.2) is 0 Å². The average molecular weight is 315 g/mol. The minimum atomic E-state index is 0.162. The molecule has 1 saturated carbocycles. The maximum atomic E-state index is 9.35. The summed E-state index contributed by atoms with van der Waals surface area (Å²) >= 11 is 0. The highest BCUT2D eigenvalue weighted by Gasteiger charge is 2.22. The third-order valence-corrected chi connectivity index (χ3v) is 4.55. The second kappa shape index (κ2) is 7.70. The Balaban J connectivity index is 1.71. The highest BCUT2D eigenvalue weighted by atomic mass is 16.4. The van der Waals surface area contributed by atoms with Gasteiger partial charge in [0.15, 0.2) is 0 Å². The van der Waals surface area contributed by atoms with Gasteiger partial charge in [-0.15, -0.1) is 10.2 Å². The highest BCUT2D eigenvalue weighted by Crippen LogP contribution is 2.25. The molecule has 5 nitrogen and oxygen atoms in total.